The van der Waals surface area contributed by atoms with Crippen LogP contribution in [0.1, 0.15) is 27.7 Å². The fourth-order valence-electron chi connectivity index (χ4n) is 4.13. The number of aliphatic hydroxyl groups excluding tert-OH is 1. The summed E-state index contributed by atoms with van der Waals surface area (Å²) in [7, 11) is 1.65. The van der Waals surface area contributed by atoms with E-state index in [1.807, 2.05) is 30.3 Å². The number of halogens is 2. The van der Waals surface area contributed by atoms with E-state index < -0.39 is 12.6 Å². The first-order valence-electron chi connectivity index (χ1n) is 9.69. The van der Waals surface area contributed by atoms with Crippen molar-refractivity contribution in [3.63, 3.8) is 0 Å². The summed E-state index contributed by atoms with van der Waals surface area (Å²) < 4.78 is 0. The maximum Gasteiger partial charge on any atom is 0.268 e. The van der Waals surface area contributed by atoms with Crippen molar-refractivity contribution in [2.24, 2.45) is 5.73 Å². The third-order valence-electron chi connectivity index (χ3n) is 5.62. The van der Waals surface area contributed by atoms with Gasteiger partial charge in [0.25, 0.3) is 5.91 Å². The number of benzene rings is 2. The van der Waals surface area contributed by atoms with Crippen molar-refractivity contribution in [3.05, 3.63) is 70.4 Å². The van der Waals surface area contributed by atoms with Crippen molar-refractivity contribution in [1.29, 1.82) is 0 Å². The van der Waals surface area contributed by atoms with Crippen LogP contribution in [0.15, 0.2) is 48.5 Å². The van der Waals surface area contributed by atoms with Gasteiger partial charge in [-0.2, -0.15) is 0 Å². The highest BCUT2D eigenvalue weighted by Gasteiger charge is 2.39. The van der Waals surface area contributed by atoms with E-state index in [1.54, 1.807) is 25.2 Å². The average Bonchev–Trinajstić information content (AvgIpc) is 3.32. The number of amides is 2. The Bertz CT molecular complexity index is 1120. The lowest BCUT2D eigenvalue weighted by Crippen LogP contribution is -2.50. The number of H-pyrrole nitrogens is 1. The van der Waals surface area contributed by atoms with Gasteiger partial charge in [0.15, 0.2) is 0 Å². The molecule has 1 heterocycles. The summed E-state index contributed by atoms with van der Waals surface area (Å²) in [6, 6.07) is 13.2. The summed E-state index contributed by atoms with van der Waals surface area (Å²) in [5.41, 5.74) is 9.02. The predicted molar refractivity (Wildman–Crippen MR) is 123 cm³/mol. The number of hydrogen-bond acceptors (Lipinski definition) is 4. The number of hydrogen-bond donors (Lipinski definition) is 4. The normalized spacial score (nSPS) is 18.2. The molecule has 0 spiro atoms. The number of likely N-dealkylation sites (N-methyl/N-ethyl adjacent to an activating group) is 1. The fourth-order valence-corrected chi connectivity index (χ4v) is 4.31. The van der Waals surface area contributed by atoms with Crippen LogP contribution in [-0.2, 0) is 11.2 Å². The van der Waals surface area contributed by atoms with Crippen LogP contribution in [0.3, 0.4) is 0 Å². The molecule has 5 N–H and O–H groups in total. The molecule has 3 aromatic rings. The third-order valence-corrected chi connectivity index (χ3v) is 5.85. The lowest BCUT2D eigenvalue weighted by atomic mass is 10.0. The molecule has 0 saturated heterocycles. The van der Waals surface area contributed by atoms with Crippen LogP contribution in [0.5, 0.6) is 0 Å². The van der Waals surface area contributed by atoms with Crippen molar-refractivity contribution >= 4 is 46.7 Å². The standard InChI is InChI=1S/C22H23ClN4O3.ClH/c1-27(22(30)16(24)11-28)20-15-5-3-2-4-12(15)9-18(20)26-21(29)19-10-13-8-14(23)6-7-17(13)25-19;/h2-8,10,16,18,20,25,28H,9,11,24H2,1H3,(H,26,29);1H/t16?,18-,20-;/m1./s1. The number of fused-ring (bicyclic) bond motifs is 2. The Labute approximate surface area is 191 Å². The summed E-state index contributed by atoms with van der Waals surface area (Å²) in [6.45, 7) is -0.438. The number of aliphatic hydroxyl groups is 1. The Kier molecular flexibility index (Phi) is 6.91. The second-order valence-electron chi connectivity index (χ2n) is 7.58. The van der Waals surface area contributed by atoms with E-state index in [1.165, 1.54) is 4.90 Å². The molecule has 2 aromatic carbocycles. The van der Waals surface area contributed by atoms with E-state index in [0.717, 1.165) is 22.0 Å². The number of rotatable bonds is 5. The molecule has 9 heteroatoms. The molecule has 1 aliphatic carbocycles. The minimum Gasteiger partial charge on any atom is -0.394 e. The summed E-state index contributed by atoms with van der Waals surface area (Å²) in [5, 5.41) is 13.8. The minimum absolute atomic E-state index is 0. The minimum atomic E-state index is -1.00. The molecule has 0 radical (unpaired) electrons. The molecule has 0 bridgehead atoms. The van der Waals surface area contributed by atoms with Crippen molar-refractivity contribution in [1.82, 2.24) is 15.2 Å². The molecule has 164 valence electrons. The van der Waals surface area contributed by atoms with E-state index in [4.69, 9.17) is 17.3 Å². The maximum absolute atomic E-state index is 13.0. The van der Waals surface area contributed by atoms with Crippen LogP contribution in [-0.4, -0.2) is 52.5 Å². The average molecular weight is 463 g/mol. The first kappa shape index (κ1) is 23.1. The Morgan fingerprint density at radius 3 is 2.77 bits per heavy atom. The van der Waals surface area contributed by atoms with Gasteiger partial charge < -0.3 is 26.0 Å². The van der Waals surface area contributed by atoms with Gasteiger partial charge >= 0.3 is 0 Å². The highest BCUT2D eigenvalue weighted by atomic mass is 35.5. The van der Waals surface area contributed by atoms with Crippen LogP contribution in [0, 0.1) is 0 Å². The van der Waals surface area contributed by atoms with Gasteiger partial charge in [0.1, 0.15) is 11.7 Å². The summed E-state index contributed by atoms with van der Waals surface area (Å²) in [6.07, 6.45) is 0.588. The van der Waals surface area contributed by atoms with Crippen LogP contribution in [0.25, 0.3) is 10.9 Å². The van der Waals surface area contributed by atoms with Gasteiger partial charge in [-0.15, -0.1) is 12.4 Å². The van der Waals surface area contributed by atoms with E-state index >= 15 is 0 Å². The van der Waals surface area contributed by atoms with E-state index in [-0.39, 0.29) is 36.3 Å². The zero-order valence-electron chi connectivity index (χ0n) is 16.8. The number of aromatic amines is 1. The first-order valence-corrected chi connectivity index (χ1v) is 10.1. The molecule has 7 nitrogen and oxygen atoms in total. The lowest BCUT2D eigenvalue weighted by molar-refractivity contribution is -0.134. The molecular formula is C22H24Cl2N4O3. The molecule has 1 aliphatic rings. The molecule has 0 aliphatic heterocycles. The quantitative estimate of drug-likeness (QED) is 0.466. The second-order valence-corrected chi connectivity index (χ2v) is 8.02. The Morgan fingerprint density at radius 1 is 1.29 bits per heavy atom. The lowest BCUT2D eigenvalue weighted by Gasteiger charge is -2.32. The van der Waals surface area contributed by atoms with Crippen molar-refractivity contribution in [2.45, 2.75) is 24.5 Å². The summed E-state index contributed by atoms with van der Waals surface area (Å²) >= 11 is 6.04. The number of aromatic nitrogens is 1. The van der Waals surface area contributed by atoms with Crippen LogP contribution < -0.4 is 11.1 Å². The van der Waals surface area contributed by atoms with Crippen LogP contribution in [0.4, 0.5) is 0 Å². The molecule has 2 amide bonds. The highest BCUT2D eigenvalue weighted by molar-refractivity contribution is 6.31. The van der Waals surface area contributed by atoms with Gasteiger partial charge in [-0.1, -0.05) is 35.9 Å². The van der Waals surface area contributed by atoms with Gasteiger partial charge in [0.05, 0.1) is 18.7 Å². The van der Waals surface area contributed by atoms with E-state index in [2.05, 4.69) is 10.3 Å². The zero-order chi connectivity index (χ0) is 21.4. The summed E-state index contributed by atoms with van der Waals surface area (Å²) in [4.78, 5) is 30.2. The molecule has 1 unspecified atom stereocenters. The van der Waals surface area contributed by atoms with Crippen molar-refractivity contribution in [3.8, 4) is 0 Å². The monoisotopic (exact) mass is 462 g/mol. The highest BCUT2D eigenvalue weighted by Crippen LogP contribution is 2.36. The summed E-state index contributed by atoms with van der Waals surface area (Å²) in [5.74, 6) is -0.642. The van der Waals surface area contributed by atoms with Gasteiger partial charge in [-0.05, 0) is 41.8 Å². The van der Waals surface area contributed by atoms with Crippen LogP contribution in [0.2, 0.25) is 5.02 Å². The van der Waals surface area contributed by atoms with Gasteiger partial charge in [-0.25, -0.2) is 0 Å². The SMILES string of the molecule is CN(C(=O)C(N)CO)[C@@H]1c2ccccc2C[C@H]1NC(=O)c1cc2cc(Cl)ccc2[nH]1.Cl. The Balaban J connectivity index is 0.00000272. The maximum atomic E-state index is 13.0. The first-order chi connectivity index (χ1) is 14.4. The molecule has 0 saturated carbocycles. The molecule has 31 heavy (non-hydrogen) atoms. The van der Waals surface area contributed by atoms with Crippen molar-refractivity contribution < 1.29 is 14.7 Å². The largest absolute Gasteiger partial charge is 0.394 e. The topological polar surface area (TPSA) is 111 Å². The number of carbonyl (C=O) groups excluding carboxylic acids is 2. The molecule has 1 aromatic heterocycles. The molecular weight excluding hydrogens is 439 g/mol. The fraction of sp³-hybridized carbons (Fsp3) is 0.273. The van der Waals surface area contributed by atoms with Crippen LogP contribution >= 0.6 is 24.0 Å². The predicted octanol–water partition coefficient (Wildman–Crippen LogP) is 2.42. The molecule has 4 rings (SSSR count). The Hall–Kier alpha value is -2.58. The number of nitrogens with two attached hydrogens (primary N) is 1. The second kappa shape index (κ2) is 9.28. The van der Waals surface area contributed by atoms with Gasteiger partial charge in [-0.3, -0.25) is 9.59 Å². The van der Waals surface area contributed by atoms with E-state index in [0.29, 0.717) is 17.1 Å². The van der Waals surface area contributed by atoms with E-state index in [9.17, 15) is 14.7 Å². The van der Waals surface area contributed by atoms with Gasteiger partial charge in [0, 0.05) is 23.0 Å². The number of carbonyl (C=O) groups is 2. The third kappa shape index (κ3) is 4.41. The molecule has 3 atom stereocenters. The zero-order valence-corrected chi connectivity index (χ0v) is 18.4. The van der Waals surface area contributed by atoms with Gasteiger partial charge in [0.2, 0.25) is 5.91 Å². The number of nitrogens with one attached hydrogen (secondary N) is 2. The smallest absolute Gasteiger partial charge is 0.268 e. The molecule has 0 fully saturated rings. The number of nitrogens with zero attached hydrogens (tertiary/aromatic N) is 1. The Morgan fingerprint density at radius 2 is 2.03 bits per heavy atom. The van der Waals surface area contributed by atoms with Crippen molar-refractivity contribution in [2.75, 3.05) is 13.7 Å².